The topological polar surface area (TPSA) is 91.3 Å². The maximum atomic E-state index is 13.6. The molecule has 0 unspecified atom stereocenters. The van der Waals surface area contributed by atoms with Crippen molar-refractivity contribution in [3.63, 3.8) is 0 Å². The van der Waals surface area contributed by atoms with Crippen molar-refractivity contribution in [1.29, 1.82) is 0 Å². The number of fused-ring (bicyclic) bond motifs is 1. The number of hydrogen-bond donors (Lipinski definition) is 1. The van der Waals surface area contributed by atoms with Crippen molar-refractivity contribution in [1.82, 2.24) is 0 Å². The number of benzene rings is 2. The molecule has 0 spiro atoms. The Morgan fingerprint density at radius 3 is 1.72 bits per heavy atom. The Balaban J connectivity index is 2.52. The fraction of sp³-hybridized carbons (Fsp3) is 0.474. The largest absolute Gasteiger partial charge is 0.508 e. The van der Waals surface area contributed by atoms with Gasteiger partial charge in [0.25, 0.3) is 0 Å². The van der Waals surface area contributed by atoms with Crippen molar-refractivity contribution < 1.29 is 32.3 Å². The molecule has 162 valence electrons. The van der Waals surface area contributed by atoms with Crippen LogP contribution in [-0.4, -0.2) is 36.3 Å². The molecule has 29 heavy (non-hydrogen) atoms. The summed E-state index contributed by atoms with van der Waals surface area (Å²) >= 11 is 1.09. The predicted octanol–water partition coefficient (Wildman–Crippen LogP) is 6.45. The lowest BCUT2D eigenvalue weighted by Crippen LogP contribution is -2.15. The SMILES string of the molecule is CCOP(=O)(OCC)C(Sc1ccc2cc(O)ccc2c1)P(=O)(OCC)OCC. The molecular formula is C19H28O7P2S. The van der Waals surface area contributed by atoms with Crippen LogP contribution in [0.2, 0.25) is 0 Å². The van der Waals surface area contributed by atoms with Crippen molar-refractivity contribution in [3.05, 3.63) is 36.4 Å². The van der Waals surface area contributed by atoms with Crippen LogP contribution >= 0.6 is 27.0 Å². The van der Waals surface area contributed by atoms with Crippen molar-refractivity contribution in [2.75, 3.05) is 26.4 Å². The third kappa shape index (κ3) is 6.08. The fourth-order valence-electron chi connectivity index (χ4n) is 2.76. The second-order valence-corrected chi connectivity index (χ2v) is 12.4. The third-order valence-electron chi connectivity index (χ3n) is 3.81. The van der Waals surface area contributed by atoms with Crippen LogP contribution in [0.15, 0.2) is 41.3 Å². The van der Waals surface area contributed by atoms with Crippen LogP contribution in [0.5, 0.6) is 5.75 Å². The van der Waals surface area contributed by atoms with Gasteiger partial charge in [-0.3, -0.25) is 9.13 Å². The standard InChI is InChI=1S/C19H28O7P2S/c1-5-23-27(21,24-6-2)19(28(22,25-7-3)26-8-4)29-18-12-10-15-13-17(20)11-9-16(15)14-18/h9-14,19-20H,5-8H2,1-4H3. The highest BCUT2D eigenvalue weighted by atomic mass is 32.2. The molecule has 2 aromatic carbocycles. The molecule has 0 radical (unpaired) electrons. The lowest BCUT2D eigenvalue weighted by molar-refractivity contribution is 0.203. The molecule has 0 bridgehead atoms. The molecule has 0 aliphatic heterocycles. The van der Waals surface area contributed by atoms with Gasteiger partial charge in [-0.2, -0.15) is 0 Å². The van der Waals surface area contributed by atoms with Gasteiger partial charge in [0.2, 0.25) is 4.73 Å². The van der Waals surface area contributed by atoms with Crippen LogP contribution in [-0.2, 0) is 27.2 Å². The van der Waals surface area contributed by atoms with Crippen LogP contribution in [0.25, 0.3) is 10.8 Å². The highest BCUT2D eigenvalue weighted by Crippen LogP contribution is 2.74. The Labute approximate surface area is 176 Å². The molecular weight excluding hydrogens is 434 g/mol. The minimum atomic E-state index is -3.83. The van der Waals surface area contributed by atoms with Gasteiger partial charge in [-0.1, -0.05) is 23.9 Å². The van der Waals surface area contributed by atoms with Crippen molar-refractivity contribution in [2.45, 2.75) is 37.3 Å². The Morgan fingerprint density at radius 2 is 1.24 bits per heavy atom. The molecule has 0 saturated carbocycles. The maximum Gasteiger partial charge on any atom is 0.356 e. The summed E-state index contributed by atoms with van der Waals surface area (Å²) < 4.78 is 48.0. The van der Waals surface area contributed by atoms with Crippen LogP contribution in [0.1, 0.15) is 27.7 Å². The van der Waals surface area contributed by atoms with Gasteiger partial charge >= 0.3 is 15.2 Å². The predicted molar refractivity (Wildman–Crippen MR) is 117 cm³/mol. The van der Waals surface area contributed by atoms with E-state index in [0.717, 1.165) is 22.5 Å². The molecule has 0 heterocycles. The summed E-state index contributed by atoms with van der Waals surface area (Å²) in [4.78, 5) is 0.701. The normalized spacial score (nSPS) is 12.7. The number of phenolic OH excluding ortho intramolecular Hbond substituents is 1. The van der Waals surface area contributed by atoms with Gasteiger partial charge in [-0.25, -0.2) is 0 Å². The van der Waals surface area contributed by atoms with Crippen molar-refractivity contribution in [3.8, 4) is 5.75 Å². The summed E-state index contributed by atoms with van der Waals surface area (Å²) in [5.74, 6) is 0.171. The third-order valence-corrected chi connectivity index (χ3v) is 12.0. The number of rotatable bonds is 12. The number of thioether (sulfide) groups is 1. The highest BCUT2D eigenvalue weighted by Gasteiger charge is 2.51. The molecule has 0 aliphatic carbocycles. The molecule has 1 N–H and O–H groups in total. The minimum Gasteiger partial charge on any atom is -0.508 e. The van der Waals surface area contributed by atoms with E-state index in [9.17, 15) is 14.2 Å². The number of aromatic hydroxyl groups is 1. The van der Waals surface area contributed by atoms with Gasteiger partial charge in [0, 0.05) is 4.90 Å². The van der Waals surface area contributed by atoms with E-state index in [1.165, 1.54) is 0 Å². The van der Waals surface area contributed by atoms with Gasteiger partial charge in [0.1, 0.15) is 5.75 Å². The first-order valence-electron chi connectivity index (χ1n) is 9.48. The molecule has 10 heteroatoms. The van der Waals surface area contributed by atoms with Gasteiger partial charge < -0.3 is 23.2 Å². The van der Waals surface area contributed by atoms with E-state index >= 15 is 0 Å². The number of phenols is 1. The van der Waals surface area contributed by atoms with E-state index < -0.39 is 19.9 Å². The average molecular weight is 462 g/mol. The van der Waals surface area contributed by atoms with Gasteiger partial charge in [0.15, 0.2) is 0 Å². The molecule has 2 rings (SSSR count). The molecule has 0 atom stereocenters. The molecule has 2 aromatic rings. The average Bonchev–Trinajstić information content (AvgIpc) is 2.66. The van der Waals surface area contributed by atoms with Crippen LogP contribution < -0.4 is 0 Å². The monoisotopic (exact) mass is 462 g/mol. The highest BCUT2D eigenvalue weighted by molar-refractivity contribution is 8.12. The van der Waals surface area contributed by atoms with E-state index in [-0.39, 0.29) is 32.2 Å². The quantitative estimate of drug-likeness (QED) is 0.284. The summed E-state index contributed by atoms with van der Waals surface area (Å²) in [6, 6.07) is 10.5. The first kappa shape index (κ1) is 24.4. The first-order chi connectivity index (χ1) is 13.8. The summed E-state index contributed by atoms with van der Waals surface area (Å²) in [5, 5.41) is 11.4. The Hall–Kier alpha value is -0.850. The first-order valence-corrected chi connectivity index (χ1v) is 13.6. The van der Waals surface area contributed by atoms with E-state index in [1.54, 1.807) is 52.0 Å². The zero-order chi connectivity index (χ0) is 21.5. The molecule has 0 aliphatic rings. The Bertz CT molecular complexity index is 855. The second-order valence-electron chi connectivity index (χ2n) is 5.89. The second kappa shape index (κ2) is 11.0. The van der Waals surface area contributed by atoms with Crippen LogP contribution in [0, 0.1) is 0 Å². The lowest BCUT2D eigenvalue weighted by Gasteiger charge is -2.30. The molecule has 7 nitrogen and oxygen atoms in total. The molecule has 0 saturated heterocycles. The van der Waals surface area contributed by atoms with Crippen molar-refractivity contribution in [2.24, 2.45) is 0 Å². The molecule has 0 fully saturated rings. The summed E-state index contributed by atoms with van der Waals surface area (Å²) in [6.07, 6.45) is 0. The van der Waals surface area contributed by atoms with Crippen LogP contribution in [0.4, 0.5) is 0 Å². The zero-order valence-electron chi connectivity index (χ0n) is 17.1. The molecule has 0 aromatic heterocycles. The van der Waals surface area contributed by atoms with Gasteiger partial charge in [-0.15, -0.1) is 0 Å². The Kier molecular flexibility index (Phi) is 9.23. The summed E-state index contributed by atoms with van der Waals surface area (Å²) in [6.45, 7) is 7.30. The van der Waals surface area contributed by atoms with Gasteiger partial charge in [0.05, 0.1) is 26.4 Å². The van der Waals surface area contributed by atoms with E-state index in [2.05, 4.69) is 0 Å². The smallest absolute Gasteiger partial charge is 0.356 e. The summed E-state index contributed by atoms with van der Waals surface area (Å²) in [7, 11) is -7.67. The lowest BCUT2D eigenvalue weighted by atomic mass is 10.1. The zero-order valence-corrected chi connectivity index (χ0v) is 19.7. The fourth-order valence-corrected chi connectivity index (χ4v) is 10.1. The van der Waals surface area contributed by atoms with E-state index in [0.29, 0.717) is 4.90 Å². The maximum absolute atomic E-state index is 13.6. The summed E-state index contributed by atoms with van der Waals surface area (Å²) in [5.41, 5.74) is 0. The van der Waals surface area contributed by atoms with Crippen LogP contribution in [0.3, 0.4) is 0 Å². The van der Waals surface area contributed by atoms with Crippen molar-refractivity contribution >= 4 is 37.7 Å². The van der Waals surface area contributed by atoms with Gasteiger partial charge in [-0.05, 0) is 62.7 Å². The molecule has 0 amide bonds. The Morgan fingerprint density at radius 1 is 0.793 bits per heavy atom. The minimum absolute atomic E-state index is 0.129. The van der Waals surface area contributed by atoms with E-state index in [4.69, 9.17) is 18.1 Å². The number of hydrogen-bond acceptors (Lipinski definition) is 8. The van der Waals surface area contributed by atoms with E-state index in [1.807, 2.05) is 12.1 Å².